The lowest BCUT2D eigenvalue weighted by Gasteiger charge is -2.39. The minimum Gasteiger partial charge on any atom is -0.497 e. The average molecular weight is 473 g/mol. The van der Waals surface area contributed by atoms with Crippen molar-refractivity contribution >= 4 is 28.6 Å². The van der Waals surface area contributed by atoms with Crippen LogP contribution < -0.4 is 4.74 Å². The van der Waals surface area contributed by atoms with Gasteiger partial charge in [0.25, 0.3) is 0 Å². The fourth-order valence-electron chi connectivity index (χ4n) is 5.05. The molecule has 0 amide bonds. The number of pyridine rings is 1. The van der Waals surface area contributed by atoms with Crippen molar-refractivity contribution in [1.82, 2.24) is 9.88 Å². The molecule has 2 aliphatic rings. The molecule has 1 saturated carbocycles. The molecule has 180 valence electrons. The number of aliphatic carboxylic acids is 1. The lowest BCUT2D eigenvalue weighted by Crippen LogP contribution is -2.41. The molecule has 1 saturated heterocycles. The van der Waals surface area contributed by atoms with E-state index in [2.05, 4.69) is 21.6 Å². The van der Waals surface area contributed by atoms with Crippen LogP contribution in [-0.2, 0) is 4.79 Å². The van der Waals surface area contributed by atoms with Crippen LogP contribution in [0.5, 0.6) is 5.75 Å². The number of ether oxygens (including phenoxy) is 1. The highest BCUT2D eigenvalue weighted by Crippen LogP contribution is 2.36. The SMILES string of the molecule is COc1ccc2nccc(C(O)CC[C@@H]3CCN(CCSC4CC4)C[C@@H]3CCC(=O)O)c2c1. The standard InChI is InChI=1S/C26H36N2O4S/c1-32-20-4-7-24-23(16-20)22(10-12-27-24)25(29)8-2-18-11-13-28(14-15-33-21-5-6-21)17-19(18)3-9-26(30)31/h4,7,10,12,16,18-19,21,25,29H,2-3,5-6,8-9,11,13-15,17H2,1H3,(H,30,31)/t18-,19+,25?/m1/s1. The molecule has 0 bridgehead atoms. The Kier molecular flexibility index (Phi) is 8.50. The highest BCUT2D eigenvalue weighted by molar-refractivity contribution is 8.00. The van der Waals surface area contributed by atoms with E-state index in [4.69, 9.17) is 4.74 Å². The summed E-state index contributed by atoms with van der Waals surface area (Å²) < 4.78 is 5.36. The Balaban J connectivity index is 1.37. The Morgan fingerprint density at radius 2 is 2.09 bits per heavy atom. The molecule has 0 radical (unpaired) electrons. The van der Waals surface area contributed by atoms with Crippen molar-refractivity contribution in [2.75, 3.05) is 32.5 Å². The van der Waals surface area contributed by atoms with Gasteiger partial charge in [0, 0.05) is 42.1 Å². The van der Waals surface area contributed by atoms with E-state index in [1.807, 2.05) is 24.3 Å². The molecule has 1 aromatic carbocycles. The molecular formula is C26H36N2O4S. The number of hydrogen-bond acceptors (Lipinski definition) is 6. The fourth-order valence-corrected chi connectivity index (χ4v) is 6.22. The van der Waals surface area contributed by atoms with E-state index in [0.29, 0.717) is 18.3 Å². The van der Waals surface area contributed by atoms with Crippen LogP contribution >= 0.6 is 11.8 Å². The van der Waals surface area contributed by atoms with Gasteiger partial charge in [-0.1, -0.05) is 0 Å². The third kappa shape index (κ3) is 6.84. The molecule has 1 aliphatic carbocycles. The molecule has 2 fully saturated rings. The zero-order valence-corrected chi connectivity index (χ0v) is 20.3. The van der Waals surface area contributed by atoms with E-state index < -0.39 is 12.1 Å². The second kappa shape index (κ2) is 11.5. The maximum Gasteiger partial charge on any atom is 0.303 e. The monoisotopic (exact) mass is 472 g/mol. The number of likely N-dealkylation sites (tertiary alicyclic amines) is 1. The number of aromatic nitrogens is 1. The van der Waals surface area contributed by atoms with Gasteiger partial charge in [0.1, 0.15) is 5.75 Å². The third-order valence-electron chi connectivity index (χ3n) is 7.14. The van der Waals surface area contributed by atoms with Crippen molar-refractivity contribution in [3.63, 3.8) is 0 Å². The second-order valence-corrected chi connectivity index (χ2v) is 10.9. The highest BCUT2D eigenvalue weighted by Gasteiger charge is 2.30. The summed E-state index contributed by atoms with van der Waals surface area (Å²) in [6.45, 7) is 3.16. The van der Waals surface area contributed by atoms with Crippen molar-refractivity contribution in [3.05, 3.63) is 36.0 Å². The van der Waals surface area contributed by atoms with Gasteiger partial charge in [-0.15, -0.1) is 0 Å². The molecule has 0 spiro atoms. The summed E-state index contributed by atoms with van der Waals surface area (Å²) in [7, 11) is 1.64. The van der Waals surface area contributed by atoms with Gasteiger partial charge in [-0.2, -0.15) is 11.8 Å². The number of aliphatic hydroxyl groups is 1. The van der Waals surface area contributed by atoms with E-state index in [-0.39, 0.29) is 6.42 Å². The van der Waals surface area contributed by atoms with Crippen molar-refractivity contribution in [3.8, 4) is 5.75 Å². The molecule has 2 aromatic rings. The molecule has 6 nitrogen and oxygen atoms in total. The number of aliphatic hydroxyl groups excluding tert-OH is 1. The quantitative estimate of drug-likeness (QED) is 0.461. The zero-order valence-electron chi connectivity index (χ0n) is 19.5. The van der Waals surface area contributed by atoms with Gasteiger partial charge in [-0.3, -0.25) is 9.78 Å². The number of carboxylic acid groups (broad SMARTS) is 1. The number of carboxylic acids is 1. The Hall–Kier alpha value is -1.83. The Labute approximate surface area is 200 Å². The maximum absolute atomic E-state index is 11.2. The van der Waals surface area contributed by atoms with Crippen molar-refractivity contribution in [2.24, 2.45) is 11.8 Å². The van der Waals surface area contributed by atoms with E-state index >= 15 is 0 Å². The Morgan fingerprint density at radius 3 is 2.85 bits per heavy atom. The molecule has 3 atom stereocenters. The first-order valence-electron chi connectivity index (χ1n) is 12.2. The number of methoxy groups -OCH3 is 1. The van der Waals surface area contributed by atoms with Gasteiger partial charge in [0.05, 0.1) is 18.7 Å². The predicted octanol–water partition coefficient (Wildman–Crippen LogP) is 4.76. The minimum atomic E-state index is -0.715. The number of piperidine rings is 1. The molecule has 7 heteroatoms. The zero-order chi connectivity index (χ0) is 23.2. The fraction of sp³-hybridized carbons (Fsp3) is 0.615. The summed E-state index contributed by atoms with van der Waals surface area (Å²) in [5.74, 6) is 2.05. The lowest BCUT2D eigenvalue weighted by molar-refractivity contribution is -0.137. The number of thioether (sulfide) groups is 1. The first-order valence-corrected chi connectivity index (χ1v) is 13.2. The van der Waals surface area contributed by atoms with Crippen molar-refractivity contribution < 1.29 is 19.7 Å². The number of hydrogen-bond donors (Lipinski definition) is 2. The predicted molar refractivity (Wildman–Crippen MR) is 133 cm³/mol. The molecular weight excluding hydrogens is 436 g/mol. The van der Waals surface area contributed by atoms with Crippen LogP contribution in [0.25, 0.3) is 10.9 Å². The molecule has 1 aromatic heterocycles. The van der Waals surface area contributed by atoms with Crippen LogP contribution in [0.1, 0.15) is 56.6 Å². The largest absolute Gasteiger partial charge is 0.497 e. The first-order chi connectivity index (χ1) is 16.0. The molecule has 2 heterocycles. The topological polar surface area (TPSA) is 82.9 Å². The van der Waals surface area contributed by atoms with E-state index in [9.17, 15) is 15.0 Å². The van der Waals surface area contributed by atoms with Gasteiger partial charge in [-0.05, 0) is 86.7 Å². The average Bonchev–Trinajstić information content (AvgIpc) is 3.65. The number of fused-ring (bicyclic) bond motifs is 1. The lowest BCUT2D eigenvalue weighted by atomic mass is 9.79. The first kappa shape index (κ1) is 24.3. The van der Waals surface area contributed by atoms with E-state index in [1.54, 1.807) is 13.3 Å². The Morgan fingerprint density at radius 1 is 1.24 bits per heavy atom. The van der Waals surface area contributed by atoms with E-state index in [0.717, 1.165) is 66.4 Å². The number of nitrogens with zero attached hydrogens (tertiary/aromatic N) is 2. The van der Waals surface area contributed by atoms with Gasteiger partial charge in [0.15, 0.2) is 0 Å². The van der Waals surface area contributed by atoms with Crippen LogP contribution in [0.3, 0.4) is 0 Å². The minimum absolute atomic E-state index is 0.225. The summed E-state index contributed by atoms with van der Waals surface area (Å²) in [6.07, 6.45) is 7.52. The van der Waals surface area contributed by atoms with Crippen molar-refractivity contribution in [2.45, 2.75) is 56.3 Å². The Bertz CT molecular complexity index is 936. The number of benzene rings is 1. The number of rotatable bonds is 12. The van der Waals surface area contributed by atoms with Crippen LogP contribution in [-0.4, -0.2) is 63.8 Å². The van der Waals surface area contributed by atoms with Crippen molar-refractivity contribution in [1.29, 1.82) is 0 Å². The van der Waals surface area contributed by atoms with Crippen LogP contribution in [0.15, 0.2) is 30.5 Å². The molecule has 33 heavy (non-hydrogen) atoms. The van der Waals surface area contributed by atoms with Gasteiger partial charge in [0.2, 0.25) is 0 Å². The summed E-state index contributed by atoms with van der Waals surface area (Å²) in [5.41, 5.74) is 1.74. The van der Waals surface area contributed by atoms with Gasteiger partial charge >= 0.3 is 5.97 Å². The molecule has 2 N–H and O–H groups in total. The maximum atomic E-state index is 11.2. The highest BCUT2D eigenvalue weighted by atomic mass is 32.2. The van der Waals surface area contributed by atoms with Crippen LogP contribution in [0.2, 0.25) is 0 Å². The van der Waals surface area contributed by atoms with Crippen LogP contribution in [0, 0.1) is 11.8 Å². The number of carbonyl (C=O) groups is 1. The van der Waals surface area contributed by atoms with E-state index in [1.165, 1.54) is 18.6 Å². The molecule has 4 rings (SSSR count). The molecule has 1 aliphatic heterocycles. The summed E-state index contributed by atoms with van der Waals surface area (Å²) >= 11 is 2.09. The third-order valence-corrected chi connectivity index (χ3v) is 8.50. The van der Waals surface area contributed by atoms with Crippen LogP contribution in [0.4, 0.5) is 0 Å². The summed E-state index contributed by atoms with van der Waals surface area (Å²) in [5, 5.41) is 22.1. The van der Waals surface area contributed by atoms with Gasteiger partial charge in [-0.25, -0.2) is 0 Å². The smallest absolute Gasteiger partial charge is 0.303 e. The van der Waals surface area contributed by atoms with Gasteiger partial charge < -0.3 is 19.8 Å². The molecule has 1 unspecified atom stereocenters. The second-order valence-electron chi connectivity index (χ2n) is 9.49. The summed E-state index contributed by atoms with van der Waals surface area (Å²) in [4.78, 5) is 18.2. The summed E-state index contributed by atoms with van der Waals surface area (Å²) in [6, 6.07) is 7.64. The normalized spacial score (nSPS) is 22.4.